The maximum absolute atomic E-state index is 6.31. The molecular formula is C23H19Cl2N5S. The zero-order chi connectivity index (χ0) is 21.7. The van der Waals surface area contributed by atoms with Crippen LogP contribution < -0.4 is 0 Å². The number of hydrogen-bond acceptors (Lipinski definition) is 4. The van der Waals surface area contributed by atoms with Gasteiger partial charge in [0.2, 0.25) is 0 Å². The minimum atomic E-state index is 0.560. The molecule has 0 aliphatic heterocycles. The molecule has 0 unspecified atom stereocenters. The first-order valence-corrected chi connectivity index (χ1v) is 11.8. The number of hydrogen-bond donors (Lipinski definition) is 0. The summed E-state index contributed by atoms with van der Waals surface area (Å²) in [4.78, 5) is 1.13. The smallest absolute Gasteiger partial charge is 0.153 e. The summed E-state index contributed by atoms with van der Waals surface area (Å²) in [7, 11) is 0. The first kappa shape index (κ1) is 20.4. The van der Waals surface area contributed by atoms with Crippen LogP contribution in [0.5, 0.6) is 0 Å². The quantitative estimate of drug-likeness (QED) is 0.284. The molecule has 0 aliphatic carbocycles. The Morgan fingerprint density at radius 2 is 1.81 bits per heavy atom. The van der Waals surface area contributed by atoms with Gasteiger partial charge in [0, 0.05) is 22.8 Å². The number of thioether (sulfide) groups is 1. The Kier molecular flexibility index (Phi) is 5.16. The largest absolute Gasteiger partial charge is 0.335 e. The van der Waals surface area contributed by atoms with Gasteiger partial charge in [0.1, 0.15) is 0 Å². The molecule has 0 atom stereocenters. The van der Waals surface area contributed by atoms with Crippen LogP contribution in [0.1, 0.15) is 17.0 Å². The lowest BCUT2D eigenvalue weighted by molar-refractivity contribution is 0.767. The standard InChI is InChI=1S/C23H19Cl2N5S/c1-13-10-20(30-14(2)26-27-28-30)23(31-3)22-21(13)16-6-4-5-7-19(16)29(22)12-15-8-9-17(24)18(25)11-15/h4-11H,12H2,1-3H3. The van der Waals surface area contributed by atoms with E-state index in [4.69, 9.17) is 23.2 Å². The van der Waals surface area contributed by atoms with E-state index in [0.29, 0.717) is 16.6 Å². The molecule has 3 aromatic carbocycles. The molecule has 0 saturated heterocycles. The highest BCUT2D eigenvalue weighted by atomic mass is 35.5. The zero-order valence-corrected chi connectivity index (χ0v) is 19.6. The van der Waals surface area contributed by atoms with Crippen molar-refractivity contribution < 1.29 is 0 Å². The number of benzene rings is 3. The zero-order valence-electron chi connectivity index (χ0n) is 17.2. The van der Waals surface area contributed by atoms with Crippen LogP contribution in [0, 0.1) is 13.8 Å². The minimum absolute atomic E-state index is 0.560. The number of tetrazole rings is 1. The fraction of sp³-hybridized carbons (Fsp3) is 0.174. The molecule has 0 aliphatic rings. The van der Waals surface area contributed by atoms with E-state index < -0.39 is 0 Å². The van der Waals surface area contributed by atoms with E-state index in [1.54, 1.807) is 16.4 Å². The van der Waals surface area contributed by atoms with Crippen LogP contribution in [0.3, 0.4) is 0 Å². The summed E-state index contributed by atoms with van der Waals surface area (Å²) >= 11 is 14.2. The Morgan fingerprint density at radius 1 is 1.00 bits per heavy atom. The first-order chi connectivity index (χ1) is 15.0. The lowest BCUT2D eigenvalue weighted by Crippen LogP contribution is -2.05. The Bertz CT molecular complexity index is 1450. The third kappa shape index (κ3) is 3.30. The number of nitrogens with zero attached hydrogens (tertiary/aromatic N) is 5. The predicted molar refractivity (Wildman–Crippen MR) is 129 cm³/mol. The maximum atomic E-state index is 6.31. The van der Waals surface area contributed by atoms with E-state index in [0.717, 1.165) is 22.0 Å². The van der Waals surface area contributed by atoms with Gasteiger partial charge in [0.05, 0.1) is 26.1 Å². The van der Waals surface area contributed by atoms with Gasteiger partial charge in [-0.2, -0.15) is 4.68 Å². The highest BCUT2D eigenvalue weighted by Gasteiger charge is 2.21. The first-order valence-electron chi connectivity index (χ1n) is 9.77. The van der Waals surface area contributed by atoms with Crippen LogP contribution in [0.2, 0.25) is 10.0 Å². The van der Waals surface area contributed by atoms with Crippen molar-refractivity contribution in [2.75, 3.05) is 6.26 Å². The van der Waals surface area contributed by atoms with E-state index >= 15 is 0 Å². The highest BCUT2D eigenvalue weighted by molar-refractivity contribution is 7.99. The summed E-state index contributed by atoms with van der Waals surface area (Å²) in [6, 6.07) is 16.5. The Balaban J connectivity index is 1.87. The van der Waals surface area contributed by atoms with Crippen molar-refractivity contribution in [3.05, 3.63) is 75.5 Å². The van der Waals surface area contributed by atoms with E-state index in [-0.39, 0.29) is 0 Å². The van der Waals surface area contributed by atoms with Crippen LogP contribution in [0.15, 0.2) is 53.4 Å². The molecule has 0 fully saturated rings. The number of fused-ring (bicyclic) bond motifs is 3. The molecule has 5 nitrogen and oxygen atoms in total. The van der Waals surface area contributed by atoms with Crippen molar-refractivity contribution in [2.24, 2.45) is 0 Å². The predicted octanol–water partition coefficient (Wildman–Crippen LogP) is 6.46. The molecule has 0 spiro atoms. The molecule has 0 radical (unpaired) electrons. The molecule has 5 aromatic rings. The van der Waals surface area contributed by atoms with Crippen LogP contribution in [0.4, 0.5) is 0 Å². The summed E-state index contributed by atoms with van der Waals surface area (Å²) in [5.74, 6) is 0.751. The molecule has 156 valence electrons. The number of aromatic nitrogens is 5. The Hall–Kier alpha value is -2.54. The molecule has 2 heterocycles. The molecule has 31 heavy (non-hydrogen) atoms. The molecule has 5 rings (SSSR count). The third-order valence-electron chi connectivity index (χ3n) is 5.55. The van der Waals surface area contributed by atoms with E-state index in [2.05, 4.69) is 63.6 Å². The SMILES string of the molecule is CSc1c(-n2nnnc2C)cc(C)c2c3ccccc3n(Cc3ccc(Cl)c(Cl)c3)c12. The molecular weight excluding hydrogens is 449 g/mol. The average molecular weight is 468 g/mol. The van der Waals surface area contributed by atoms with Crippen molar-refractivity contribution in [3.63, 3.8) is 0 Å². The molecule has 0 amide bonds. The molecule has 0 saturated carbocycles. The van der Waals surface area contributed by atoms with Crippen molar-refractivity contribution in [1.82, 2.24) is 24.8 Å². The second-order valence-corrected chi connectivity index (χ2v) is 9.09. The molecule has 2 aromatic heterocycles. The van der Waals surface area contributed by atoms with Gasteiger partial charge in [-0.1, -0.05) is 47.5 Å². The Morgan fingerprint density at radius 3 is 2.52 bits per heavy atom. The lowest BCUT2D eigenvalue weighted by Gasteiger charge is -2.15. The average Bonchev–Trinajstić information content (AvgIpc) is 3.33. The van der Waals surface area contributed by atoms with Gasteiger partial charge in [-0.05, 0) is 65.9 Å². The van der Waals surface area contributed by atoms with Crippen LogP contribution in [-0.4, -0.2) is 31.0 Å². The summed E-state index contributed by atoms with van der Waals surface area (Å²) < 4.78 is 4.16. The molecule has 8 heteroatoms. The fourth-order valence-corrected chi connectivity index (χ4v) is 5.28. The van der Waals surface area contributed by atoms with Crippen molar-refractivity contribution in [1.29, 1.82) is 0 Å². The van der Waals surface area contributed by atoms with Crippen LogP contribution in [-0.2, 0) is 6.54 Å². The number of para-hydroxylation sites is 1. The summed E-state index contributed by atoms with van der Waals surface area (Å²) in [5, 5.41) is 15.8. The highest BCUT2D eigenvalue weighted by Crippen LogP contribution is 2.41. The maximum Gasteiger partial charge on any atom is 0.153 e. The van der Waals surface area contributed by atoms with Gasteiger partial charge in [-0.15, -0.1) is 16.9 Å². The topological polar surface area (TPSA) is 48.5 Å². The van der Waals surface area contributed by atoms with Gasteiger partial charge < -0.3 is 4.57 Å². The van der Waals surface area contributed by atoms with E-state index in [1.807, 2.05) is 25.1 Å². The van der Waals surface area contributed by atoms with Gasteiger partial charge in [-0.3, -0.25) is 0 Å². The van der Waals surface area contributed by atoms with Crippen molar-refractivity contribution in [3.8, 4) is 5.69 Å². The summed E-state index contributed by atoms with van der Waals surface area (Å²) in [6.45, 7) is 4.73. The molecule has 0 N–H and O–H groups in total. The fourth-order valence-electron chi connectivity index (χ4n) is 4.20. The van der Waals surface area contributed by atoms with Gasteiger partial charge in [0.15, 0.2) is 5.82 Å². The van der Waals surface area contributed by atoms with Gasteiger partial charge >= 0.3 is 0 Å². The van der Waals surface area contributed by atoms with Crippen LogP contribution >= 0.6 is 35.0 Å². The van der Waals surface area contributed by atoms with E-state index in [1.165, 1.54) is 27.4 Å². The normalized spacial score (nSPS) is 11.6. The minimum Gasteiger partial charge on any atom is -0.335 e. The number of halogens is 2. The lowest BCUT2D eigenvalue weighted by atomic mass is 10.1. The molecule has 0 bridgehead atoms. The van der Waals surface area contributed by atoms with Gasteiger partial charge in [-0.25, -0.2) is 0 Å². The van der Waals surface area contributed by atoms with Crippen molar-refractivity contribution >= 4 is 56.8 Å². The Labute approximate surface area is 194 Å². The summed E-state index contributed by atoms with van der Waals surface area (Å²) in [5.41, 5.74) is 5.60. The van der Waals surface area contributed by atoms with Gasteiger partial charge in [0.25, 0.3) is 0 Å². The monoisotopic (exact) mass is 467 g/mol. The summed E-state index contributed by atoms with van der Waals surface area (Å²) in [6.07, 6.45) is 2.09. The van der Waals surface area contributed by atoms with E-state index in [9.17, 15) is 0 Å². The third-order valence-corrected chi connectivity index (χ3v) is 7.10. The number of aryl methyl sites for hydroxylation is 2. The van der Waals surface area contributed by atoms with Crippen molar-refractivity contribution in [2.45, 2.75) is 25.3 Å². The second kappa shape index (κ2) is 7.86. The second-order valence-electron chi connectivity index (χ2n) is 7.46. The van der Waals surface area contributed by atoms with Crippen LogP contribution in [0.25, 0.3) is 27.5 Å². The number of rotatable bonds is 4.